The van der Waals surface area contributed by atoms with E-state index in [1.165, 1.54) is 11.2 Å². The van der Waals surface area contributed by atoms with Gasteiger partial charge in [-0.3, -0.25) is 9.88 Å². The molecule has 0 unspecified atom stereocenters. The molecule has 11 heteroatoms. The van der Waals surface area contributed by atoms with Crippen LogP contribution in [-0.2, 0) is 20.9 Å². The summed E-state index contributed by atoms with van der Waals surface area (Å²) in [4.78, 5) is 5.31. The second-order valence-electron chi connectivity index (χ2n) is 8.19. The van der Waals surface area contributed by atoms with Gasteiger partial charge in [0.15, 0.2) is 0 Å². The summed E-state index contributed by atoms with van der Waals surface area (Å²) >= 11 is 0. The molecule has 29 heavy (non-hydrogen) atoms. The number of nitrogens with zero attached hydrogens (tertiary/aromatic N) is 4. The van der Waals surface area contributed by atoms with Gasteiger partial charge >= 0.3 is 6.18 Å². The van der Waals surface area contributed by atoms with Crippen LogP contribution in [0.3, 0.4) is 0 Å². The van der Waals surface area contributed by atoms with Gasteiger partial charge in [0, 0.05) is 63.8 Å². The Labute approximate surface area is 167 Å². The zero-order valence-corrected chi connectivity index (χ0v) is 16.7. The number of aromatic nitrogens is 1. The fraction of sp³-hybridized carbons (Fsp3) is 0.667. The standard InChI is InChI=1S/C18H21F3N4O3S/c1-13-15(6-14(7-23-13)18(19,20)21)29(26,27)25-11-16(12-25)9-24(10-16)17(8-22)2-4-28-5-3-17/h6-7H,2-5,9-12H2,1H3. The van der Waals surface area contributed by atoms with Crippen molar-refractivity contribution in [3.63, 3.8) is 0 Å². The minimum atomic E-state index is -4.66. The Morgan fingerprint density at radius 3 is 2.38 bits per heavy atom. The zero-order valence-electron chi connectivity index (χ0n) is 15.9. The third kappa shape index (κ3) is 3.32. The third-order valence-electron chi connectivity index (χ3n) is 6.20. The average molecular weight is 430 g/mol. The monoisotopic (exact) mass is 430 g/mol. The molecular formula is C18H21F3N4O3S. The van der Waals surface area contributed by atoms with Gasteiger partial charge in [0.05, 0.1) is 17.3 Å². The Kier molecular flexibility index (Phi) is 4.70. The fourth-order valence-electron chi connectivity index (χ4n) is 4.41. The largest absolute Gasteiger partial charge is 0.417 e. The number of ether oxygens (including phenoxy) is 1. The summed E-state index contributed by atoms with van der Waals surface area (Å²) in [6.07, 6.45) is -2.77. The summed E-state index contributed by atoms with van der Waals surface area (Å²) in [5.41, 5.74) is -1.84. The lowest BCUT2D eigenvalue weighted by Gasteiger charge is -2.63. The van der Waals surface area contributed by atoms with E-state index in [-0.39, 0.29) is 24.2 Å². The van der Waals surface area contributed by atoms with Crippen molar-refractivity contribution in [1.29, 1.82) is 5.26 Å². The maximum atomic E-state index is 13.0. The third-order valence-corrected chi connectivity index (χ3v) is 8.10. The van der Waals surface area contributed by atoms with Crippen molar-refractivity contribution in [1.82, 2.24) is 14.2 Å². The van der Waals surface area contributed by atoms with E-state index in [9.17, 15) is 26.9 Å². The van der Waals surface area contributed by atoms with Crippen molar-refractivity contribution in [2.24, 2.45) is 5.41 Å². The lowest BCUT2D eigenvalue weighted by atomic mass is 9.70. The van der Waals surface area contributed by atoms with Gasteiger partial charge in [-0.15, -0.1) is 0 Å². The molecule has 0 saturated carbocycles. The lowest BCUT2D eigenvalue weighted by Crippen LogP contribution is -2.76. The maximum Gasteiger partial charge on any atom is 0.417 e. The molecule has 7 nitrogen and oxygen atoms in total. The lowest BCUT2D eigenvalue weighted by molar-refractivity contribution is -0.138. The number of aryl methyl sites for hydroxylation is 1. The molecule has 158 valence electrons. The summed E-state index contributed by atoms with van der Waals surface area (Å²) in [6, 6.07) is 3.05. The van der Waals surface area contributed by atoms with E-state index in [1.54, 1.807) is 0 Å². The SMILES string of the molecule is Cc1ncc(C(F)(F)F)cc1S(=O)(=O)N1CC2(CN(C3(C#N)CCOCC3)C2)C1. The predicted octanol–water partition coefficient (Wildman–Crippen LogP) is 1.79. The molecule has 3 aliphatic rings. The molecule has 1 aromatic rings. The van der Waals surface area contributed by atoms with Crippen LogP contribution >= 0.6 is 0 Å². The van der Waals surface area contributed by atoms with Crippen LogP contribution in [0.5, 0.6) is 0 Å². The number of nitriles is 1. The van der Waals surface area contributed by atoms with Gasteiger partial charge in [-0.1, -0.05) is 0 Å². The first-order chi connectivity index (χ1) is 13.5. The minimum absolute atomic E-state index is 0.0415. The normalized spacial score (nSPS) is 24.5. The molecule has 0 N–H and O–H groups in total. The molecule has 3 saturated heterocycles. The number of sulfonamides is 1. The number of pyridine rings is 1. The van der Waals surface area contributed by atoms with E-state index in [0.717, 1.165) is 0 Å². The summed E-state index contributed by atoms with van der Waals surface area (Å²) in [7, 11) is -4.06. The molecule has 3 aliphatic heterocycles. The van der Waals surface area contributed by atoms with Gasteiger partial charge in [-0.25, -0.2) is 8.42 Å². The number of hydrogen-bond donors (Lipinski definition) is 0. The average Bonchev–Trinajstić information content (AvgIpc) is 2.59. The van der Waals surface area contributed by atoms with E-state index in [0.29, 0.717) is 51.4 Å². The smallest absolute Gasteiger partial charge is 0.381 e. The van der Waals surface area contributed by atoms with Gasteiger partial charge in [0.25, 0.3) is 0 Å². The minimum Gasteiger partial charge on any atom is -0.381 e. The van der Waals surface area contributed by atoms with Crippen molar-refractivity contribution in [3.8, 4) is 6.07 Å². The molecule has 0 aliphatic carbocycles. The molecule has 4 heterocycles. The topological polar surface area (TPSA) is 86.5 Å². The summed E-state index contributed by atoms with van der Waals surface area (Å²) in [6.45, 7) is 4.12. The quantitative estimate of drug-likeness (QED) is 0.727. The van der Waals surface area contributed by atoms with Crippen LogP contribution in [-0.4, -0.2) is 67.5 Å². The fourth-order valence-corrected chi connectivity index (χ4v) is 6.28. The highest BCUT2D eigenvalue weighted by Crippen LogP contribution is 2.47. The molecular weight excluding hydrogens is 409 g/mol. The second kappa shape index (κ2) is 6.63. The summed E-state index contributed by atoms with van der Waals surface area (Å²) in [5, 5.41) is 9.64. The maximum absolute atomic E-state index is 13.0. The van der Waals surface area contributed by atoms with E-state index in [1.807, 2.05) is 0 Å². The van der Waals surface area contributed by atoms with Crippen molar-refractivity contribution in [2.75, 3.05) is 39.4 Å². The van der Waals surface area contributed by atoms with Crippen LogP contribution in [0.2, 0.25) is 0 Å². The van der Waals surface area contributed by atoms with Crippen LogP contribution in [0.15, 0.2) is 17.2 Å². The molecule has 0 bridgehead atoms. The molecule has 0 radical (unpaired) electrons. The predicted molar refractivity (Wildman–Crippen MR) is 95.1 cm³/mol. The molecule has 3 fully saturated rings. The number of halogens is 3. The molecule has 0 atom stereocenters. The van der Waals surface area contributed by atoms with E-state index in [2.05, 4.69) is 16.0 Å². The van der Waals surface area contributed by atoms with Gasteiger partial charge in [0.1, 0.15) is 10.4 Å². The highest BCUT2D eigenvalue weighted by Gasteiger charge is 2.59. The molecule has 4 rings (SSSR count). The van der Waals surface area contributed by atoms with Crippen LogP contribution in [0.25, 0.3) is 0 Å². The van der Waals surface area contributed by atoms with Crippen LogP contribution < -0.4 is 0 Å². The van der Waals surface area contributed by atoms with Gasteiger partial charge < -0.3 is 4.74 Å². The highest BCUT2D eigenvalue weighted by molar-refractivity contribution is 7.89. The number of hydrogen-bond acceptors (Lipinski definition) is 6. The van der Waals surface area contributed by atoms with Crippen molar-refractivity contribution in [3.05, 3.63) is 23.5 Å². The van der Waals surface area contributed by atoms with Crippen LogP contribution in [0.4, 0.5) is 13.2 Å². The molecule has 1 spiro atoms. The molecule has 0 amide bonds. The number of likely N-dealkylation sites (tertiary alicyclic amines) is 1. The summed E-state index contributed by atoms with van der Waals surface area (Å²) < 4.78 is 71.2. The zero-order chi connectivity index (χ0) is 21.1. The van der Waals surface area contributed by atoms with Crippen molar-refractivity contribution < 1.29 is 26.3 Å². The van der Waals surface area contributed by atoms with Crippen molar-refractivity contribution in [2.45, 2.75) is 36.4 Å². The van der Waals surface area contributed by atoms with Gasteiger partial charge in [-0.05, 0) is 13.0 Å². The van der Waals surface area contributed by atoms with E-state index >= 15 is 0 Å². The summed E-state index contributed by atoms with van der Waals surface area (Å²) in [5.74, 6) is 0. The first-order valence-corrected chi connectivity index (χ1v) is 10.7. The van der Waals surface area contributed by atoms with Gasteiger partial charge in [0.2, 0.25) is 10.0 Å². The van der Waals surface area contributed by atoms with E-state index in [4.69, 9.17) is 4.74 Å². The Balaban J connectivity index is 1.46. The second-order valence-corrected chi connectivity index (χ2v) is 10.1. The highest BCUT2D eigenvalue weighted by atomic mass is 32.2. The molecule has 1 aromatic heterocycles. The van der Waals surface area contributed by atoms with Crippen LogP contribution in [0, 0.1) is 23.7 Å². The van der Waals surface area contributed by atoms with Crippen molar-refractivity contribution >= 4 is 10.0 Å². The first-order valence-electron chi connectivity index (χ1n) is 9.30. The Morgan fingerprint density at radius 2 is 1.83 bits per heavy atom. The molecule has 0 aromatic carbocycles. The Morgan fingerprint density at radius 1 is 1.21 bits per heavy atom. The Hall–Kier alpha value is -1.74. The number of rotatable bonds is 3. The Bertz CT molecular complexity index is 954. The first kappa shape index (κ1) is 20.5. The van der Waals surface area contributed by atoms with Gasteiger partial charge in [-0.2, -0.15) is 22.7 Å². The van der Waals surface area contributed by atoms with Crippen LogP contribution in [0.1, 0.15) is 24.1 Å². The number of alkyl halides is 3. The van der Waals surface area contributed by atoms with E-state index < -0.39 is 32.2 Å².